The molecule has 0 aliphatic rings. The van der Waals surface area contributed by atoms with Crippen LogP contribution in [0.15, 0.2) is 65.8 Å². The molecule has 0 saturated heterocycles. The molecule has 122 valence electrons. The second-order valence-electron chi connectivity index (χ2n) is 5.52. The van der Waals surface area contributed by atoms with E-state index in [2.05, 4.69) is 58.5 Å². The standard InChI is InChI=1S/C20H22N4/c1-3-24(4-2)18-12-9-16(10-13-18)15-21-23-20-14-11-17-7-5-6-8-19(17)22-20/h5-15H,3-4H2,1-2H3,(H,22,23). The number of hydrogen-bond donors (Lipinski definition) is 1. The summed E-state index contributed by atoms with van der Waals surface area (Å²) in [7, 11) is 0. The summed E-state index contributed by atoms with van der Waals surface area (Å²) in [5.41, 5.74) is 6.24. The van der Waals surface area contributed by atoms with Gasteiger partial charge in [0.2, 0.25) is 0 Å². The molecule has 0 aliphatic heterocycles. The Morgan fingerprint density at radius 2 is 1.71 bits per heavy atom. The monoisotopic (exact) mass is 318 g/mol. The van der Waals surface area contributed by atoms with Gasteiger partial charge in [-0.05, 0) is 49.7 Å². The number of aromatic nitrogens is 1. The second-order valence-corrected chi connectivity index (χ2v) is 5.52. The molecule has 3 aromatic rings. The summed E-state index contributed by atoms with van der Waals surface area (Å²) in [6, 6.07) is 20.4. The Labute approximate surface area is 142 Å². The topological polar surface area (TPSA) is 40.5 Å². The van der Waals surface area contributed by atoms with Crippen molar-refractivity contribution in [1.29, 1.82) is 0 Å². The van der Waals surface area contributed by atoms with Crippen molar-refractivity contribution in [2.75, 3.05) is 23.4 Å². The minimum atomic E-state index is 0.740. The van der Waals surface area contributed by atoms with Crippen molar-refractivity contribution >= 4 is 28.6 Å². The normalized spacial score (nSPS) is 11.1. The lowest BCUT2D eigenvalue weighted by Gasteiger charge is -2.20. The Balaban J connectivity index is 1.66. The smallest absolute Gasteiger partial charge is 0.146 e. The van der Waals surface area contributed by atoms with Crippen LogP contribution in [0, 0.1) is 0 Å². The van der Waals surface area contributed by atoms with Gasteiger partial charge in [-0.1, -0.05) is 30.3 Å². The first-order valence-corrected chi connectivity index (χ1v) is 8.30. The quantitative estimate of drug-likeness (QED) is 0.536. The van der Waals surface area contributed by atoms with E-state index in [-0.39, 0.29) is 0 Å². The van der Waals surface area contributed by atoms with Crippen molar-refractivity contribution in [2.24, 2.45) is 5.10 Å². The average molecular weight is 318 g/mol. The molecule has 0 radical (unpaired) electrons. The minimum absolute atomic E-state index is 0.740. The molecule has 0 amide bonds. The Morgan fingerprint density at radius 1 is 0.958 bits per heavy atom. The number of benzene rings is 2. The van der Waals surface area contributed by atoms with Gasteiger partial charge < -0.3 is 4.90 Å². The summed E-state index contributed by atoms with van der Waals surface area (Å²) in [6.07, 6.45) is 1.81. The molecule has 1 heterocycles. The van der Waals surface area contributed by atoms with Crippen molar-refractivity contribution < 1.29 is 0 Å². The van der Waals surface area contributed by atoms with Crippen LogP contribution in [-0.4, -0.2) is 24.3 Å². The Bertz CT molecular complexity index is 820. The maximum Gasteiger partial charge on any atom is 0.146 e. The first-order chi connectivity index (χ1) is 11.8. The van der Waals surface area contributed by atoms with Crippen molar-refractivity contribution in [1.82, 2.24) is 4.98 Å². The van der Waals surface area contributed by atoms with Crippen LogP contribution in [0.2, 0.25) is 0 Å². The fourth-order valence-corrected chi connectivity index (χ4v) is 2.66. The van der Waals surface area contributed by atoms with E-state index < -0.39 is 0 Å². The molecule has 0 bridgehead atoms. The molecular formula is C20H22N4. The summed E-state index contributed by atoms with van der Waals surface area (Å²) >= 11 is 0. The Kier molecular flexibility index (Phi) is 5.06. The lowest BCUT2D eigenvalue weighted by Crippen LogP contribution is -2.21. The van der Waals surface area contributed by atoms with Crippen LogP contribution >= 0.6 is 0 Å². The fourth-order valence-electron chi connectivity index (χ4n) is 2.66. The predicted molar refractivity (Wildman–Crippen MR) is 103 cm³/mol. The lowest BCUT2D eigenvalue weighted by atomic mass is 10.2. The second kappa shape index (κ2) is 7.59. The molecule has 1 aromatic heterocycles. The van der Waals surface area contributed by atoms with Crippen LogP contribution in [0.3, 0.4) is 0 Å². The molecule has 0 spiro atoms. The highest BCUT2D eigenvalue weighted by Gasteiger charge is 2.00. The number of hydrazone groups is 1. The van der Waals surface area contributed by atoms with Crippen LogP contribution in [0.25, 0.3) is 10.9 Å². The predicted octanol–water partition coefficient (Wildman–Crippen LogP) is 4.53. The maximum atomic E-state index is 4.53. The van der Waals surface area contributed by atoms with Crippen molar-refractivity contribution in [3.05, 3.63) is 66.2 Å². The third-order valence-corrected chi connectivity index (χ3v) is 4.01. The molecule has 4 heteroatoms. The van der Waals surface area contributed by atoms with Gasteiger partial charge in [0.1, 0.15) is 5.82 Å². The summed E-state index contributed by atoms with van der Waals surface area (Å²) in [5.74, 6) is 0.740. The molecule has 1 N–H and O–H groups in total. The van der Waals surface area contributed by atoms with Crippen molar-refractivity contribution in [3.8, 4) is 0 Å². The first-order valence-electron chi connectivity index (χ1n) is 8.30. The van der Waals surface area contributed by atoms with Gasteiger partial charge >= 0.3 is 0 Å². The van der Waals surface area contributed by atoms with E-state index in [0.29, 0.717) is 0 Å². The number of nitrogens with zero attached hydrogens (tertiary/aromatic N) is 3. The molecule has 4 nitrogen and oxygen atoms in total. The maximum absolute atomic E-state index is 4.53. The van der Waals surface area contributed by atoms with Gasteiger partial charge in [-0.2, -0.15) is 5.10 Å². The highest BCUT2D eigenvalue weighted by Crippen LogP contribution is 2.15. The average Bonchev–Trinajstić information content (AvgIpc) is 2.64. The van der Waals surface area contributed by atoms with E-state index in [1.54, 1.807) is 0 Å². The highest BCUT2D eigenvalue weighted by atomic mass is 15.3. The lowest BCUT2D eigenvalue weighted by molar-refractivity contribution is 0.866. The van der Waals surface area contributed by atoms with Gasteiger partial charge in [0, 0.05) is 24.2 Å². The summed E-state index contributed by atoms with van der Waals surface area (Å²) < 4.78 is 0. The molecule has 0 fully saturated rings. The van der Waals surface area contributed by atoms with Crippen molar-refractivity contribution in [3.63, 3.8) is 0 Å². The molecule has 24 heavy (non-hydrogen) atoms. The number of anilines is 2. The molecule has 3 rings (SSSR count). The van der Waals surface area contributed by atoms with Crippen LogP contribution in [0.4, 0.5) is 11.5 Å². The van der Waals surface area contributed by atoms with Gasteiger partial charge in [0.15, 0.2) is 0 Å². The van der Waals surface area contributed by atoms with E-state index in [0.717, 1.165) is 35.4 Å². The number of fused-ring (bicyclic) bond motifs is 1. The van der Waals surface area contributed by atoms with Crippen LogP contribution in [-0.2, 0) is 0 Å². The van der Waals surface area contributed by atoms with Gasteiger partial charge in [0.05, 0.1) is 11.7 Å². The molecule has 0 saturated carbocycles. The number of pyridine rings is 1. The third kappa shape index (κ3) is 3.71. The fraction of sp³-hybridized carbons (Fsp3) is 0.200. The van der Waals surface area contributed by atoms with E-state index in [1.165, 1.54) is 5.69 Å². The number of para-hydroxylation sites is 1. The van der Waals surface area contributed by atoms with E-state index in [1.807, 2.05) is 42.6 Å². The van der Waals surface area contributed by atoms with Crippen LogP contribution < -0.4 is 10.3 Å². The molecule has 0 atom stereocenters. The zero-order chi connectivity index (χ0) is 16.8. The molecular weight excluding hydrogens is 296 g/mol. The molecule has 0 unspecified atom stereocenters. The van der Waals surface area contributed by atoms with Crippen LogP contribution in [0.1, 0.15) is 19.4 Å². The summed E-state index contributed by atoms with van der Waals surface area (Å²) in [5, 5.41) is 5.41. The molecule has 2 aromatic carbocycles. The largest absolute Gasteiger partial charge is 0.372 e. The third-order valence-electron chi connectivity index (χ3n) is 4.01. The minimum Gasteiger partial charge on any atom is -0.372 e. The summed E-state index contributed by atoms with van der Waals surface area (Å²) in [4.78, 5) is 6.85. The number of hydrogen-bond acceptors (Lipinski definition) is 4. The van der Waals surface area contributed by atoms with Gasteiger partial charge in [-0.3, -0.25) is 5.43 Å². The summed E-state index contributed by atoms with van der Waals surface area (Å²) in [6.45, 7) is 6.36. The van der Waals surface area contributed by atoms with E-state index >= 15 is 0 Å². The number of rotatable bonds is 6. The first kappa shape index (κ1) is 16.0. The van der Waals surface area contributed by atoms with Gasteiger partial charge in [-0.25, -0.2) is 4.98 Å². The Hall–Kier alpha value is -2.88. The number of nitrogens with one attached hydrogen (secondary N) is 1. The molecule has 0 aliphatic carbocycles. The van der Waals surface area contributed by atoms with E-state index in [9.17, 15) is 0 Å². The highest BCUT2D eigenvalue weighted by molar-refractivity contribution is 5.82. The van der Waals surface area contributed by atoms with Gasteiger partial charge in [0.25, 0.3) is 0 Å². The Morgan fingerprint density at radius 3 is 2.46 bits per heavy atom. The SMILES string of the molecule is CCN(CC)c1ccc(C=NNc2ccc3ccccc3n2)cc1. The van der Waals surface area contributed by atoms with Crippen molar-refractivity contribution in [2.45, 2.75) is 13.8 Å². The zero-order valence-corrected chi connectivity index (χ0v) is 14.1. The van der Waals surface area contributed by atoms with Crippen LogP contribution in [0.5, 0.6) is 0 Å². The van der Waals surface area contributed by atoms with Gasteiger partial charge in [-0.15, -0.1) is 0 Å². The van der Waals surface area contributed by atoms with E-state index in [4.69, 9.17) is 0 Å². The zero-order valence-electron chi connectivity index (χ0n) is 14.1.